The monoisotopic (exact) mass is 338 g/mol. The summed E-state index contributed by atoms with van der Waals surface area (Å²) in [7, 11) is 0. The van der Waals surface area contributed by atoms with E-state index in [4.69, 9.17) is 0 Å². The Bertz CT molecular complexity index is 694. The van der Waals surface area contributed by atoms with Gasteiger partial charge in [0.15, 0.2) is 0 Å². The fraction of sp³-hybridized carbons (Fsp3) is 0.333. The van der Waals surface area contributed by atoms with E-state index in [9.17, 15) is 9.59 Å². The van der Waals surface area contributed by atoms with Gasteiger partial charge in [-0.25, -0.2) is 0 Å². The maximum absolute atomic E-state index is 12.1. The molecular weight excluding hydrogens is 312 g/mol. The van der Waals surface area contributed by atoms with Gasteiger partial charge in [-0.2, -0.15) is 0 Å². The van der Waals surface area contributed by atoms with E-state index in [0.717, 1.165) is 11.3 Å². The van der Waals surface area contributed by atoms with Gasteiger partial charge in [-0.3, -0.25) is 9.59 Å². The zero-order chi connectivity index (χ0) is 18.2. The van der Waals surface area contributed by atoms with Crippen LogP contribution in [-0.2, 0) is 16.1 Å². The second kappa shape index (κ2) is 9.02. The molecule has 0 aromatic heterocycles. The predicted molar refractivity (Wildman–Crippen MR) is 101 cm³/mol. The third-order valence-electron chi connectivity index (χ3n) is 4.10. The summed E-state index contributed by atoms with van der Waals surface area (Å²) < 4.78 is 0. The van der Waals surface area contributed by atoms with E-state index in [1.54, 1.807) is 0 Å². The number of rotatable bonds is 7. The number of nitrogens with one attached hydrogen (secondary N) is 2. The average Bonchev–Trinajstić information content (AvgIpc) is 2.61. The van der Waals surface area contributed by atoms with Gasteiger partial charge in [0.25, 0.3) is 0 Å². The Morgan fingerprint density at radius 1 is 0.920 bits per heavy atom. The number of carbonyl (C=O) groups is 2. The third kappa shape index (κ3) is 6.07. The SMILES string of the molecule is CC(C)C(=O)Nc1ccc(CNC(=O)CC(C)c2ccccc2)cc1. The van der Waals surface area contributed by atoms with Gasteiger partial charge in [0, 0.05) is 24.6 Å². The van der Waals surface area contributed by atoms with Crippen LogP contribution in [0.1, 0.15) is 44.2 Å². The number of carbonyl (C=O) groups excluding carboxylic acids is 2. The molecule has 0 aliphatic carbocycles. The van der Waals surface area contributed by atoms with Gasteiger partial charge in [0.2, 0.25) is 11.8 Å². The Labute approximate surface area is 149 Å². The van der Waals surface area contributed by atoms with Crippen LogP contribution in [0.15, 0.2) is 54.6 Å². The molecule has 2 N–H and O–H groups in total. The van der Waals surface area contributed by atoms with Crippen LogP contribution in [0.2, 0.25) is 0 Å². The van der Waals surface area contributed by atoms with E-state index in [2.05, 4.69) is 17.6 Å². The van der Waals surface area contributed by atoms with E-state index in [1.165, 1.54) is 5.56 Å². The number of anilines is 1. The van der Waals surface area contributed by atoms with Gasteiger partial charge < -0.3 is 10.6 Å². The summed E-state index contributed by atoms with van der Waals surface area (Å²) in [5, 5.41) is 5.80. The third-order valence-corrected chi connectivity index (χ3v) is 4.10. The first-order valence-corrected chi connectivity index (χ1v) is 8.67. The normalized spacial score (nSPS) is 11.8. The molecule has 25 heavy (non-hydrogen) atoms. The smallest absolute Gasteiger partial charge is 0.226 e. The molecule has 2 aromatic carbocycles. The standard InChI is InChI=1S/C21H26N2O2/c1-15(2)21(25)23-19-11-9-17(10-12-19)14-22-20(24)13-16(3)18-7-5-4-6-8-18/h4-12,15-16H,13-14H2,1-3H3,(H,22,24)(H,23,25). The Morgan fingerprint density at radius 3 is 2.16 bits per heavy atom. The molecule has 0 spiro atoms. The Balaban J connectivity index is 1.80. The minimum absolute atomic E-state index is 0.00375. The van der Waals surface area contributed by atoms with Gasteiger partial charge in [-0.1, -0.05) is 63.2 Å². The molecule has 1 unspecified atom stereocenters. The lowest BCUT2D eigenvalue weighted by Gasteiger charge is -2.12. The quantitative estimate of drug-likeness (QED) is 0.799. The molecule has 4 nitrogen and oxygen atoms in total. The summed E-state index contributed by atoms with van der Waals surface area (Å²) in [6, 6.07) is 17.6. The van der Waals surface area contributed by atoms with Crippen molar-refractivity contribution in [3.05, 3.63) is 65.7 Å². The van der Waals surface area contributed by atoms with Crippen molar-refractivity contribution >= 4 is 17.5 Å². The van der Waals surface area contributed by atoms with Crippen molar-refractivity contribution in [1.82, 2.24) is 5.32 Å². The van der Waals surface area contributed by atoms with E-state index >= 15 is 0 Å². The molecule has 0 saturated carbocycles. The Hall–Kier alpha value is -2.62. The minimum Gasteiger partial charge on any atom is -0.352 e. The minimum atomic E-state index is -0.0504. The second-order valence-corrected chi connectivity index (χ2v) is 6.63. The molecule has 0 saturated heterocycles. The molecule has 0 fully saturated rings. The van der Waals surface area contributed by atoms with Crippen LogP contribution in [0, 0.1) is 5.92 Å². The van der Waals surface area contributed by atoms with Crippen LogP contribution >= 0.6 is 0 Å². The van der Waals surface area contributed by atoms with Crippen molar-refractivity contribution in [3.63, 3.8) is 0 Å². The Kier molecular flexibility index (Phi) is 6.75. The number of benzene rings is 2. The molecule has 0 radical (unpaired) electrons. The van der Waals surface area contributed by atoms with E-state index in [0.29, 0.717) is 13.0 Å². The van der Waals surface area contributed by atoms with Crippen LogP contribution in [0.5, 0.6) is 0 Å². The molecule has 0 heterocycles. The lowest BCUT2D eigenvalue weighted by atomic mass is 9.97. The first kappa shape index (κ1) is 18.7. The lowest BCUT2D eigenvalue weighted by molar-refractivity contribution is -0.121. The zero-order valence-corrected chi connectivity index (χ0v) is 15.1. The largest absolute Gasteiger partial charge is 0.352 e. The van der Waals surface area contributed by atoms with Crippen LogP contribution in [0.25, 0.3) is 0 Å². The molecule has 0 bridgehead atoms. The van der Waals surface area contributed by atoms with Crippen LogP contribution in [-0.4, -0.2) is 11.8 Å². The summed E-state index contributed by atoms with van der Waals surface area (Å²) in [5.74, 6) is 0.171. The predicted octanol–water partition coefficient (Wildman–Crippen LogP) is 4.09. The first-order valence-electron chi connectivity index (χ1n) is 8.67. The molecule has 2 amide bonds. The van der Waals surface area contributed by atoms with Crippen LogP contribution in [0.4, 0.5) is 5.69 Å². The van der Waals surface area contributed by atoms with Gasteiger partial charge in [0.1, 0.15) is 0 Å². The summed E-state index contributed by atoms with van der Waals surface area (Å²) in [6.45, 7) is 6.26. The van der Waals surface area contributed by atoms with Crippen molar-refractivity contribution in [3.8, 4) is 0 Å². The average molecular weight is 338 g/mol. The van der Waals surface area contributed by atoms with Gasteiger partial charge in [-0.15, -0.1) is 0 Å². The highest BCUT2D eigenvalue weighted by Gasteiger charge is 2.11. The van der Waals surface area contributed by atoms with Gasteiger partial charge >= 0.3 is 0 Å². The highest BCUT2D eigenvalue weighted by Crippen LogP contribution is 2.18. The van der Waals surface area contributed by atoms with Crippen molar-refractivity contribution in [2.75, 3.05) is 5.32 Å². The number of amides is 2. The maximum Gasteiger partial charge on any atom is 0.226 e. The van der Waals surface area contributed by atoms with Crippen molar-refractivity contribution in [2.45, 2.75) is 39.7 Å². The van der Waals surface area contributed by atoms with E-state index in [1.807, 2.05) is 68.4 Å². The van der Waals surface area contributed by atoms with Crippen LogP contribution in [0.3, 0.4) is 0 Å². The summed E-state index contributed by atoms with van der Waals surface area (Å²) in [4.78, 5) is 23.8. The van der Waals surface area contributed by atoms with Crippen molar-refractivity contribution < 1.29 is 9.59 Å². The van der Waals surface area contributed by atoms with Gasteiger partial charge in [0.05, 0.1) is 0 Å². The highest BCUT2D eigenvalue weighted by molar-refractivity contribution is 5.92. The molecule has 2 rings (SSSR count). The molecular formula is C21H26N2O2. The summed E-state index contributed by atoms with van der Waals surface area (Å²) >= 11 is 0. The maximum atomic E-state index is 12.1. The fourth-order valence-electron chi connectivity index (χ4n) is 2.44. The highest BCUT2D eigenvalue weighted by atomic mass is 16.2. The topological polar surface area (TPSA) is 58.2 Å². The van der Waals surface area contributed by atoms with Crippen molar-refractivity contribution in [1.29, 1.82) is 0 Å². The molecule has 0 aliphatic rings. The Morgan fingerprint density at radius 2 is 1.56 bits per heavy atom. The zero-order valence-electron chi connectivity index (χ0n) is 15.1. The first-order chi connectivity index (χ1) is 12.0. The number of hydrogen-bond acceptors (Lipinski definition) is 2. The van der Waals surface area contributed by atoms with Crippen molar-refractivity contribution in [2.24, 2.45) is 5.92 Å². The second-order valence-electron chi connectivity index (χ2n) is 6.63. The molecule has 2 aromatic rings. The van der Waals surface area contributed by atoms with Gasteiger partial charge in [-0.05, 0) is 29.2 Å². The molecule has 4 heteroatoms. The fourth-order valence-corrected chi connectivity index (χ4v) is 2.44. The van der Waals surface area contributed by atoms with Crippen LogP contribution < -0.4 is 10.6 Å². The summed E-state index contributed by atoms with van der Waals surface area (Å²) in [5.41, 5.74) is 2.94. The van der Waals surface area contributed by atoms with E-state index < -0.39 is 0 Å². The molecule has 0 aliphatic heterocycles. The lowest BCUT2D eigenvalue weighted by Crippen LogP contribution is -2.24. The number of hydrogen-bond donors (Lipinski definition) is 2. The summed E-state index contributed by atoms with van der Waals surface area (Å²) in [6.07, 6.45) is 0.465. The van der Waals surface area contributed by atoms with E-state index in [-0.39, 0.29) is 23.7 Å². The molecule has 132 valence electrons. The molecule has 1 atom stereocenters.